The minimum absolute atomic E-state index is 0.138. The summed E-state index contributed by atoms with van der Waals surface area (Å²) in [5.74, 6) is 1.54. The van der Waals surface area contributed by atoms with Crippen molar-refractivity contribution in [2.45, 2.75) is 19.4 Å². The Bertz CT molecular complexity index is 555. The first-order chi connectivity index (χ1) is 9.04. The van der Waals surface area contributed by atoms with Crippen LogP contribution >= 0.6 is 27.5 Å². The quantitative estimate of drug-likeness (QED) is 0.869. The Hall–Kier alpha value is -1.03. The van der Waals surface area contributed by atoms with Gasteiger partial charge in [-0.15, -0.1) is 0 Å². The Morgan fingerprint density at radius 3 is 2.37 bits per heavy atom. The first-order valence-electron chi connectivity index (χ1n) is 6.02. The predicted octanol–water partition coefficient (Wildman–Crippen LogP) is 4.78. The third-order valence-electron chi connectivity index (χ3n) is 2.62. The molecule has 4 heteroatoms. The van der Waals surface area contributed by atoms with Gasteiger partial charge in [-0.05, 0) is 55.3 Å². The van der Waals surface area contributed by atoms with Gasteiger partial charge in [-0.2, -0.15) is 0 Å². The minimum Gasteiger partial charge on any atom is -0.457 e. The van der Waals surface area contributed by atoms with Crippen LogP contribution in [0.1, 0.15) is 12.5 Å². The van der Waals surface area contributed by atoms with Crippen molar-refractivity contribution in [3.05, 3.63) is 57.5 Å². The maximum absolute atomic E-state index is 5.83. The van der Waals surface area contributed by atoms with Crippen molar-refractivity contribution in [3.63, 3.8) is 0 Å². The van der Waals surface area contributed by atoms with Crippen molar-refractivity contribution in [1.82, 2.24) is 0 Å². The number of hydrogen-bond acceptors (Lipinski definition) is 2. The molecule has 0 saturated heterocycles. The summed E-state index contributed by atoms with van der Waals surface area (Å²) in [7, 11) is 0. The molecule has 1 atom stereocenters. The van der Waals surface area contributed by atoms with E-state index < -0.39 is 0 Å². The van der Waals surface area contributed by atoms with Crippen LogP contribution in [0, 0.1) is 0 Å². The monoisotopic (exact) mass is 339 g/mol. The molecule has 2 aromatic rings. The number of nitrogens with two attached hydrogens (primary N) is 1. The Labute approximate surface area is 126 Å². The van der Waals surface area contributed by atoms with Gasteiger partial charge in [-0.1, -0.05) is 33.6 Å². The second-order valence-electron chi connectivity index (χ2n) is 4.49. The largest absolute Gasteiger partial charge is 0.457 e. The van der Waals surface area contributed by atoms with Gasteiger partial charge in [0.15, 0.2) is 0 Å². The molecule has 0 aliphatic rings. The molecule has 0 spiro atoms. The van der Waals surface area contributed by atoms with Crippen molar-refractivity contribution in [1.29, 1.82) is 0 Å². The topological polar surface area (TPSA) is 35.2 Å². The summed E-state index contributed by atoms with van der Waals surface area (Å²) in [5.41, 5.74) is 6.98. The maximum atomic E-state index is 5.83. The molecule has 0 aliphatic carbocycles. The Morgan fingerprint density at radius 1 is 1.16 bits per heavy atom. The molecule has 0 aromatic heterocycles. The molecule has 2 rings (SSSR count). The van der Waals surface area contributed by atoms with Crippen LogP contribution in [0.3, 0.4) is 0 Å². The summed E-state index contributed by atoms with van der Waals surface area (Å²) in [6.07, 6.45) is 0.835. The lowest BCUT2D eigenvalue weighted by Crippen LogP contribution is -2.17. The minimum atomic E-state index is 0.138. The van der Waals surface area contributed by atoms with Crippen molar-refractivity contribution >= 4 is 27.5 Å². The van der Waals surface area contributed by atoms with Crippen LogP contribution < -0.4 is 10.5 Å². The zero-order valence-electron chi connectivity index (χ0n) is 10.6. The molecule has 0 saturated carbocycles. The highest BCUT2D eigenvalue weighted by Crippen LogP contribution is 2.28. The van der Waals surface area contributed by atoms with Crippen LogP contribution in [0.2, 0.25) is 5.02 Å². The van der Waals surface area contributed by atoms with E-state index in [9.17, 15) is 0 Å². The maximum Gasteiger partial charge on any atom is 0.128 e. The summed E-state index contributed by atoms with van der Waals surface area (Å²) in [4.78, 5) is 0. The molecule has 0 heterocycles. The molecule has 0 fully saturated rings. The third-order valence-corrected chi connectivity index (χ3v) is 3.61. The Kier molecular flexibility index (Phi) is 4.86. The fraction of sp³-hybridized carbons (Fsp3) is 0.200. The molecule has 100 valence electrons. The van der Waals surface area contributed by atoms with Gasteiger partial charge in [-0.3, -0.25) is 0 Å². The highest BCUT2D eigenvalue weighted by atomic mass is 79.9. The van der Waals surface area contributed by atoms with Gasteiger partial charge in [0.1, 0.15) is 11.5 Å². The Morgan fingerprint density at radius 2 is 1.79 bits per heavy atom. The molecule has 0 aliphatic heterocycles. The second kappa shape index (κ2) is 6.42. The third kappa shape index (κ3) is 4.23. The smallest absolute Gasteiger partial charge is 0.128 e. The highest BCUT2D eigenvalue weighted by Gasteiger charge is 2.05. The second-order valence-corrected chi connectivity index (χ2v) is 5.78. The summed E-state index contributed by atoms with van der Waals surface area (Å²) >= 11 is 9.38. The van der Waals surface area contributed by atoms with Gasteiger partial charge >= 0.3 is 0 Å². The van der Waals surface area contributed by atoms with Gasteiger partial charge < -0.3 is 10.5 Å². The van der Waals surface area contributed by atoms with E-state index in [1.807, 2.05) is 37.3 Å². The van der Waals surface area contributed by atoms with Crippen LogP contribution in [0.15, 0.2) is 46.9 Å². The van der Waals surface area contributed by atoms with E-state index in [0.717, 1.165) is 22.4 Å². The lowest BCUT2D eigenvalue weighted by molar-refractivity contribution is 0.482. The standard InChI is InChI=1S/C15H15BrClNO/c1-10(18)8-11-2-5-14(9-15(11)16)19-13-6-3-12(17)4-7-13/h2-7,9-10H,8,18H2,1H3. The zero-order chi connectivity index (χ0) is 13.8. The lowest BCUT2D eigenvalue weighted by Gasteiger charge is -2.10. The fourth-order valence-electron chi connectivity index (χ4n) is 1.74. The molecular formula is C15H15BrClNO. The van der Waals surface area contributed by atoms with Crippen LogP contribution in [0.25, 0.3) is 0 Å². The fourth-order valence-corrected chi connectivity index (χ4v) is 2.39. The average Bonchev–Trinajstić information content (AvgIpc) is 2.35. The Balaban J connectivity index is 2.13. The summed E-state index contributed by atoms with van der Waals surface area (Å²) < 4.78 is 6.76. The predicted molar refractivity (Wildman–Crippen MR) is 83.0 cm³/mol. The number of benzene rings is 2. The van der Waals surface area contributed by atoms with Crippen molar-refractivity contribution in [2.24, 2.45) is 5.73 Å². The first kappa shape index (κ1) is 14.4. The highest BCUT2D eigenvalue weighted by molar-refractivity contribution is 9.10. The molecule has 0 amide bonds. The molecule has 19 heavy (non-hydrogen) atoms. The van der Waals surface area contributed by atoms with Crippen LogP contribution in [0.5, 0.6) is 11.5 Å². The van der Waals surface area contributed by atoms with E-state index in [0.29, 0.717) is 5.02 Å². The van der Waals surface area contributed by atoms with E-state index in [-0.39, 0.29) is 6.04 Å². The molecule has 0 bridgehead atoms. The first-order valence-corrected chi connectivity index (χ1v) is 7.19. The molecular weight excluding hydrogens is 326 g/mol. The number of halogens is 2. The van der Waals surface area contributed by atoms with E-state index in [1.54, 1.807) is 12.1 Å². The summed E-state index contributed by atoms with van der Waals surface area (Å²) in [5, 5.41) is 0.695. The van der Waals surface area contributed by atoms with Crippen LogP contribution in [-0.4, -0.2) is 6.04 Å². The summed E-state index contributed by atoms with van der Waals surface area (Å²) in [6, 6.07) is 13.3. The van der Waals surface area contributed by atoms with Gasteiger partial charge in [-0.25, -0.2) is 0 Å². The van der Waals surface area contributed by atoms with Crippen molar-refractivity contribution in [2.75, 3.05) is 0 Å². The zero-order valence-corrected chi connectivity index (χ0v) is 12.9. The number of rotatable bonds is 4. The van der Waals surface area contributed by atoms with Gasteiger partial charge in [0.2, 0.25) is 0 Å². The number of hydrogen-bond donors (Lipinski definition) is 1. The molecule has 1 unspecified atom stereocenters. The van der Waals surface area contributed by atoms with Crippen molar-refractivity contribution < 1.29 is 4.74 Å². The van der Waals surface area contributed by atoms with Gasteiger partial charge in [0.05, 0.1) is 0 Å². The van der Waals surface area contributed by atoms with E-state index in [1.165, 1.54) is 5.56 Å². The normalized spacial score (nSPS) is 12.2. The average molecular weight is 341 g/mol. The lowest BCUT2D eigenvalue weighted by atomic mass is 10.1. The van der Waals surface area contributed by atoms with Gasteiger partial charge in [0.25, 0.3) is 0 Å². The van der Waals surface area contributed by atoms with Crippen LogP contribution in [-0.2, 0) is 6.42 Å². The summed E-state index contributed by atoms with van der Waals surface area (Å²) in [6.45, 7) is 1.99. The molecule has 2 nitrogen and oxygen atoms in total. The number of ether oxygens (including phenoxy) is 1. The van der Waals surface area contributed by atoms with Crippen LogP contribution in [0.4, 0.5) is 0 Å². The van der Waals surface area contributed by atoms with E-state index in [2.05, 4.69) is 15.9 Å². The molecule has 2 aromatic carbocycles. The van der Waals surface area contributed by atoms with Crippen molar-refractivity contribution in [3.8, 4) is 11.5 Å². The van der Waals surface area contributed by atoms with Gasteiger partial charge in [0, 0.05) is 15.5 Å². The molecule has 0 radical (unpaired) electrons. The molecule has 2 N–H and O–H groups in total. The van der Waals surface area contributed by atoms with E-state index in [4.69, 9.17) is 22.1 Å². The van der Waals surface area contributed by atoms with E-state index >= 15 is 0 Å². The SMILES string of the molecule is CC(N)Cc1ccc(Oc2ccc(Cl)cc2)cc1Br.